The molecular formula is C48H76O14. The largest absolute Gasteiger partial charge is 0.462 e. The summed E-state index contributed by atoms with van der Waals surface area (Å²) in [6.45, 7) is 16.5. The molecule has 1 aliphatic carbocycles. The van der Waals surface area contributed by atoms with Crippen molar-refractivity contribution in [3.8, 4) is 0 Å². The highest BCUT2D eigenvalue weighted by molar-refractivity contribution is 5.76. The Morgan fingerprint density at radius 1 is 0.887 bits per heavy atom. The number of aliphatic hydroxyl groups excluding tert-OH is 2. The van der Waals surface area contributed by atoms with Gasteiger partial charge >= 0.3 is 5.97 Å². The zero-order chi connectivity index (χ0) is 44.7. The van der Waals surface area contributed by atoms with Gasteiger partial charge in [0, 0.05) is 52.2 Å². The van der Waals surface area contributed by atoms with E-state index in [9.17, 15) is 20.1 Å². The molecule has 14 nitrogen and oxygen atoms in total. The summed E-state index contributed by atoms with van der Waals surface area (Å²) in [5.74, 6) is -2.11. The summed E-state index contributed by atoms with van der Waals surface area (Å²) < 4.78 is 64.1. The Kier molecular flexibility index (Phi) is 15.5. The van der Waals surface area contributed by atoms with Crippen molar-refractivity contribution in [2.24, 2.45) is 29.6 Å². The van der Waals surface area contributed by atoms with Gasteiger partial charge in [0.25, 0.3) is 0 Å². The van der Waals surface area contributed by atoms with Crippen molar-refractivity contribution < 1.29 is 67.5 Å². The normalized spacial score (nSPS) is 49.9. The first-order chi connectivity index (χ1) is 29.5. The van der Waals surface area contributed by atoms with E-state index in [1.165, 1.54) is 0 Å². The van der Waals surface area contributed by atoms with Gasteiger partial charge in [-0.25, -0.2) is 0 Å². The second-order valence-electron chi connectivity index (χ2n) is 19.8. The van der Waals surface area contributed by atoms with Gasteiger partial charge < -0.3 is 62.7 Å². The molecule has 1 saturated carbocycles. The number of carbonyl (C=O) groups is 1. The number of esters is 1. The topological polar surface area (TPSA) is 170 Å². The molecule has 5 saturated heterocycles. The molecule has 0 aromatic rings. The lowest BCUT2D eigenvalue weighted by Crippen LogP contribution is -2.61. The average molecular weight is 877 g/mol. The van der Waals surface area contributed by atoms with Crippen LogP contribution in [-0.4, -0.2) is 139 Å². The number of methoxy groups -OCH3 is 2. The highest BCUT2D eigenvalue weighted by Crippen LogP contribution is 2.50. The van der Waals surface area contributed by atoms with Crippen LogP contribution in [-0.2, 0) is 52.2 Å². The Balaban J connectivity index is 1.17. The number of allylic oxidation sites excluding steroid dienone is 2. The van der Waals surface area contributed by atoms with Crippen molar-refractivity contribution in [3.05, 3.63) is 35.5 Å². The molecular weight excluding hydrogens is 801 g/mol. The zero-order valence-electron chi connectivity index (χ0n) is 38.7. The van der Waals surface area contributed by atoms with E-state index in [0.29, 0.717) is 55.9 Å². The van der Waals surface area contributed by atoms with Crippen molar-refractivity contribution in [2.75, 3.05) is 20.8 Å². The summed E-state index contributed by atoms with van der Waals surface area (Å²) in [6.07, 6.45) is 5.62. The molecule has 2 bridgehead atoms. The fourth-order valence-corrected chi connectivity index (χ4v) is 11.3. The maximum Gasteiger partial charge on any atom is 0.312 e. The highest BCUT2D eigenvalue weighted by Gasteiger charge is 2.62. The molecule has 352 valence electrons. The monoisotopic (exact) mass is 877 g/mol. The molecule has 7 rings (SSSR count). The van der Waals surface area contributed by atoms with Crippen molar-refractivity contribution >= 4 is 5.97 Å². The summed E-state index contributed by atoms with van der Waals surface area (Å²) in [6, 6.07) is 0. The number of rotatable bonds is 8. The highest BCUT2D eigenvalue weighted by atomic mass is 16.7. The van der Waals surface area contributed by atoms with Crippen LogP contribution in [0.2, 0.25) is 0 Å². The molecule has 7 aliphatic rings. The van der Waals surface area contributed by atoms with Crippen molar-refractivity contribution in [1.82, 2.24) is 0 Å². The Morgan fingerprint density at radius 3 is 2.32 bits per heavy atom. The predicted molar refractivity (Wildman–Crippen MR) is 227 cm³/mol. The van der Waals surface area contributed by atoms with Gasteiger partial charge in [0.15, 0.2) is 18.4 Å². The lowest BCUT2D eigenvalue weighted by Gasteiger charge is -2.51. The molecule has 62 heavy (non-hydrogen) atoms. The third kappa shape index (κ3) is 9.83. The molecule has 0 amide bonds. The Hall–Kier alpha value is -1.79. The summed E-state index contributed by atoms with van der Waals surface area (Å²) >= 11 is 0. The number of fused-ring (bicyclic) bond motifs is 2. The van der Waals surface area contributed by atoms with Gasteiger partial charge in [-0.1, -0.05) is 65.3 Å². The fourth-order valence-electron chi connectivity index (χ4n) is 11.3. The molecule has 0 aromatic carbocycles. The van der Waals surface area contributed by atoms with Crippen LogP contribution in [0.5, 0.6) is 0 Å². The average Bonchev–Trinajstić information content (AvgIpc) is 3.58. The molecule has 0 radical (unpaired) electrons. The number of ether oxygens (including phenoxy) is 10. The first-order valence-corrected chi connectivity index (χ1v) is 23.5. The summed E-state index contributed by atoms with van der Waals surface area (Å²) in [4.78, 5) is 14.4. The van der Waals surface area contributed by atoms with E-state index < -0.39 is 90.8 Å². The van der Waals surface area contributed by atoms with Gasteiger partial charge in [-0.15, -0.1) is 0 Å². The minimum Gasteiger partial charge on any atom is -0.462 e. The van der Waals surface area contributed by atoms with E-state index in [0.717, 1.165) is 18.4 Å². The lowest BCUT2D eigenvalue weighted by atomic mass is 9.66. The molecule has 14 heteroatoms. The number of hydrogen-bond donors (Lipinski definition) is 3. The third-order valence-electron chi connectivity index (χ3n) is 15.3. The van der Waals surface area contributed by atoms with Gasteiger partial charge in [-0.05, 0) is 68.9 Å². The maximum atomic E-state index is 14.4. The number of aliphatic hydroxyl groups is 3. The van der Waals surface area contributed by atoms with E-state index in [4.69, 9.17) is 47.4 Å². The van der Waals surface area contributed by atoms with Gasteiger partial charge in [0.05, 0.1) is 61.4 Å². The van der Waals surface area contributed by atoms with Crippen LogP contribution < -0.4 is 0 Å². The maximum absolute atomic E-state index is 14.4. The summed E-state index contributed by atoms with van der Waals surface area (Å²) in [5, 5.41) is 34.4. The molecule has 6 fully saturated rings. The van der Waals surface area contributed by atoms with Crippen LogP contribution in [0.4, 0.5) is 0 Å². The molecule has 21 atom stereocenters. The first kappa shape index (κ1) is 48.2. The Bertz CT molecular complexity index is 1610. The van der Waals surface area contributed by atoms with Gasteiger partial charge in [0.2, 0.25) is 0 Å². The van der Waals surface area contributed by atoms with Crippen LogP contribution >= 0.6 is 0 Å². The second kappa shape index (κ2) is 20.0. The molecule has 0 aromatic heterocycles. The molecule has 2 unspecified atom stereocenters. The molecule has 3 N–H and O–H groups in total. The van der Waals surface area contributed by atoms with E-state index in [1.54, 1.807) is 21.1 Å². The summed E-state index contributed by atoms with van der Waals surface area (Å²) in [5.41, 5.74) is -0.233. The van der Waals surface area contributed by atoms with Crippen molar-refractivity contribution in [2.45, 2.75) is 210 Å². The third-order valence-corrected chi connectivity index (χ3v) is 15.3. The Labute approximate surface area is 368 Å². The second-order valence-corrected chi connectivity index (χ2v) is 19.8. The van der Waals surface area contributed by atoms with Crippen LogP contribution in [0.15, 0.2) is 35.5 Å². The summed E-state index contributed by atoms with van der Waals surface area (Å²) in [7, 11) is 3.23. The standard InChI is InChI=1S/C48H76O14/c1-11-25(2)43-28(5)17-18-47(62-43)23-34-20-33(61-47)16-15-27(4)42(26(3)13-12-14-32-24-55-45-40(49)29(6)19-35(46(51)58-34)48(32,45)52)59-39-22-37(54-10)44(31(8)57-39)60-38-21-36(53-9)41(50)30(7)56-38/h12-15,25-26,28-31,33-45,49-50,52H,11,16-24H2,1-10H3/b13-12-,27-15-,32-14?/t25-,26-,28-,29?,30-,31-,33+,34-,35?,36-,37-,38-,39-,40+,41-,42-,43+,44-,45+,47+,48+/m0/s1. The number of hydrogen-bond acceptors (Lipinski definition) is 14. The fraction of sp³-hybridized carbons (Fsp3) is 0.854. The first-order valence-electron chi connectivity index (χ1n) is 23.5. The SMILES string of the molecule is CC[C@H](C)[C@H]1O[C@]2(CC[C@@H]1C)C[C@@H]1C[C@@H](C/C=C(/C)[C@@H](O[C@H]3C[C@H](OC)[C@@H](O[C@H]4C[C@H](OC)[C@@H](O)[C@H](C)O4)[C@H](C)O3)[C@@H](C)/C=C\C=C3CO[C@@H]4[C@H](O)C(C)CC(C(=O)O1)[C@]34O)O2. The molecule has 6 aliphatic heterocycles. The Morgan fingerprint density at radius 2 is 1.60 bits per heavy atom. The minimum atomic E-state index is -1.75. The van der Waals surface area contributed by atoms with Crippen LogP contribution in [0.25, 0.3) is 0 Å². The van der Waals surface area contributed by atoms with E-state index >= 15 is 0 Å². The van der Waals surface area contributed by atoms with Crippen LogP contribution in [0.1, 0.15) is 113 Å². The van der Waals surface area contributed by atoms with E-state index in [2.05, 4.69) is 40.7 Å². The predicted octanol–water partition coefficient (Wildman–Crippen LogP) is 5.68. The quantitative estimate of drug-likeness (QED) is 0.201. The molecule has 6 heterocycles. The van der Waals surface area contributed by atoms with Gasteiger partial charge in [0.1, 0.15) is 30.0 Å². The smallest absolute Gasteiger partial charge is 0.312 e. The van der Waals surface area contributed by atoms with E-state index in [-0.39, 0.29) is 43.2 Å². The van der Waals surface area contributed by atoms with E-state index in [1.807, 2.05) is 32.1 Å². The van der Waals surface area contributed by atoms with Crippen molar-refractivity contribution in [1.29, 1.82) is 0 Å². The zero-order valence-corrected chi connectivity index (χ0v) is 38.7. The van der Waals surface area contributed by atoms with Gasteiger partial charge in [-0.2, -0.15) is 0 Å². The molecule has 1 spiro atoms. The van der Waals surface area contributed by atoms with Crippen LogP contribution in [0.3, 0.4) is 0 Å². The number of carbonyl (C=O) groups excluding carboxylic acids is 1. The van der Waals surface area contributed by atoms with Crippen LogP contribution in [0, 0.1) is 29.6 Å². The minimum absolute atomic E-state index is 0.00243. The van der Waals surface area contributed by atoms with Gasteiger partial charge in [-0.3, -0.25) is 4.79 Å². The van der Waals surface area contributed by atoms with Crippen molar-refractivity contribution in [3.63, 3.8) is 0 Å². The lowest BCUT2D eigenvalue weighted by molar-refractivity contribution is -0.341.